The van der Waals surface area contributed by atoms with Crippen LogP contribution in [0.1, 0.15) is 21.7 Å². The number of aryl methyl sites for hydroxylation is 2. The van der Waals surface area contributed by atoms with Crippen molar-refractivity contribution in [2.24, 2.45) is 0 Å². The van der Waals surface area contributed by atoms with Crippen molar-refractivity contribution in [2.75, 3.05) is 11.1 Å². The molecule has 0 radical (unpaired) electrons. The van der Waals surface area contributed by atoms with E-state index in [1.54, 1.807) is 24.3 Å². The van der Waals surface area contributed by atoms with Crippen molar-refractivity contribution >= 4 is 33.2 Å². The second kappa shape index (κ2) is 6.53. The lowest BCUT2D eigenvalue weighted by Crippen LogP contribution is -2.12. The predicted octanol–water partition coefficient (Wildman–Crippen LogP) is 5.16. The van der Waals surface area contributed by atoms with Gasteiger partial charge in [0.2, 0.25) is 0 Å². The van der Waals surface area contributed by atoms with Gasteiger partial charge in [-0.05, 0) is 61.4 Å². The van der Waals surface area contributed by atoms with Gasteiger partial charge in [-0.15, -0.1) is 0 Å². The average molecular weight is 385 g/mol. The molecule has 3 aromatic rings. The fourth-order valence-corrected chi connectivity index (χ4v) is 3.07. The number of benzene rings is 2. The van der Waals surface area contributed by atoms with Gasteiger partial charge >= 0.3 is 0 Å². The fraction of sp³-hybridized carbons (Fsp3) is 0.105. The monoisotopic (exact) mass is 384 g/mol. The number of nitrogens with two attached hydrogens (primary N) is 1. The van der Waals surface area contributed by atoms with Crippen LogP contribution in [0.25, 0.3) is 11.3 Å². The highest BCUT2D eigenvalue weighted by Gasteiger charge is 2.15. The van der Waals surface area contributed by atoms with E-state index in [0.29, 0.717) is 17.1 Å². The number of carbonyl (C=O) groups excluding carboxylic acids is 1. The maximum absolute atomic E-state index is 12.4. The zero-order valence-corrected chi connectivity index (χ0v) is 15.0. The summed E-state index contributed by atoms with van der Waals surface area (Å²) in [4.78, 5) is 12.4. The molecule has 0 aliphatic heterocycles. The molecule has 0 saturated heterocycles. The summed E-state index contributed by atoms with van der Waals surface area (Å²) in [5.41, 5.74) is 10.0. The highest BCUT2D eigenvalue weighted by molar-refractivity contribution is 9.10. The lowest BCUT2D eigenvalue weighted by molar-refractivity contribution is 0.0997. The van der Waals surface area contributed by atoms with E-state index in [9.17, 15) is 4.79 Å². The number of nitrogen functional groups attached to an aromatic ring is 1. The smallest absolute Gasteiger partial charge is 0.291 e. The Labute approximate surface area is 148 Å². The molecule has 0 unspecified atom stereocenters. The molecule has 5 heteroatoms. The van der Waals surface area contributed by atoms with Crippen molar-refractivity contribution in [3.8, 4) is 11.3 Å². The van der Waals surface area contributed by atoms with Crippen LogP contribution in [-0.2, 0) is 0 Å². The van der Waals surface area contributed by atoms with Gasteiger partial charge in [-0.2, -0.15) is 0 Å². The number of furan rings is 1. The summed E-state index contributed by atoms with van der Waals surface area (Å²) in [7, 11) is 0. The summed E-state index contributed by atoms with van der Waals surface area (Å²) in [6.07, 6.45) is 0. The maximum atomic E-state index is 12.4. The third kappa shape index (κ3) is 3.36. The molecule has 0 spiro atoms. The Bertz CT molecular complexity index is 915. The third-order valence-corrected chi connectivity index (χ3v) is 4.39. The molecule has 0 bridgehead atoms. The number of amides is 1. The highest BCUT2D eigenvalue weighted by Crippen LogP contribution is 2.30. The van der Waals surface area contributed by atoms with E-state index in [4.69, 9.17) is 10.2 Å². The molecule has 1 heterocycles. The van der Waals surface area contributed by atoms with Crippen LogP contribution in [0.3, 0.4) is 0 Å². The molecule has 0 fully saturated rings. The highest BCUT2D eigenvalue weighted by atomic mass is 79.9. The summed E-state index contributed by atoms with van der Waals surface area (Å²) >= 11 is 3.53. The topological polar surface area (TPSA) is 68.3 Å². The van der Waals surface area contributed by atoms with Gasteiger partial charge in [0, 0.05) is 21.4 Å². The van der Waals surface area contributed by atoms with Crippen LogP contribution < -0.4 is 11.1 Å². The van der Waals surface area contributed by atoms with E-state index in [-0.39, 0.29) is 11.7 Å². The number of hydrogen-bond acceptors (Lipinski definition) is 3. The molecule has 24 heavy (non-hydrogen) atoms. The van der Waals surface area contributed by atoms with E-state index in [0.717, 1.165) is 21.2 Å². The van der Waals surface area contributed by atoms with Gasteiger partial charge in [0.1, 0.15) is 5.76 Å². The molecule has 3 rings (SSSR count). The number of halogens is 1. The SMILES string of the molecule is Cc1ccc(-c2ccc(C(=O)Nc3cc(N)ccc3C)o2)c(Br)c1. The molecule has 3 N–H and O–H groups in total. The van der Waals surface area contributed by atoms with Crippen molar-refractivity contribution < 1.29 is 9.21 Å². The van der Waals surface area contributed by atoms with Crippen LogP contribution in [0.4, 0.5) is 11.4 Å². The first kappa shape index (κ1) is 16.3. The molecule has 0 saturated carbocycles. The lowest BCUT2D eigenvalue weighted by atomic mass is 10.1. The number of anilines is 2. The fourth-order valence-electron chi connectivity index (χ4n) is 2.38. The minimum absolute atomic E-state index is 0.249. The average Bonchev–Trinajstić information content (AvgIpc) is 3.00. The summed E-state index contributed by atoms with van der Waals surface area (Å²) in [6, 6.07) is 14.8. The van der Waals surface area contributed by atoms with Gasteiger partial charge in [0.25, 0.3) is 5.91 Å². The minimum atomic E-state index is -0.307. The molecule has 0 aliphatic rings. The Kier molecular flexibility index (Phi) is 4.44. The summed E-state index contributed by atoms with van der Waals surface area (Å²) in [5.74, 6) is 0.578. The second-order valence-electron chi connectivity index (χ2n) is 5.68. The molecular weight excluding hydrogens is 368 g/mol. The van der Waals surface area contributed by atoms with Gasteiger partial charge in [-0.1, -0.05) is 28.1 Å². The van der Waals surface area contributed by atoms with Crippen molar-refractivity contribution in [3.05, 3.63) is 69.9 Å². The van der Waals surface area contributed by atoms with Crippen molar-refractivity contribution in [2.45, 2.75) is 13.8 Å². The van der Waals surface area contributed by atoms with Crippen molar-refractivity contribution in [1.29, 1.82) is 0 Å². The van der Waals surface area contributed by atoms with Crippen LogP contribution in [0, 0.1) is 13.8 Å². The summed E-state index contributed by atoms with van der Waals surface area (Å²) < 4.78 is 6.65. The normalized spacial score (nSPS) is 10.6. The van der Waals surface area contributed by atoms with Gasteiger partial charge in [0.05, 0.1) is 0 Å². The maximum Gasteiger partial charge on any atom is 0.291 e. The quantitative estimate of drug-likeness (QED) is 0.612. The van der Waals surface area contributed by atoms with Crippen molar-refractivity contribution in [3.63, 3.8) is 0 Å². The summed E-state index contributed by atoms with van der Waals surface area (Å²) in [5, 5.41) is 2.83. The van der Waals surface area contributed by atoms with E-state index in [1.165, 1.54) is 0 Å². The van der Waals surface area contributed by atoms with E-state index in [2.05, 4.69) is 21.2 Å². The Morgan fingerprint density at radius 2 is 1.88 bits per heavy atom. The molecule has 4 nitrogen and oxygen atoms in total. The summed E-state index contributed by atoms with van der Waals surface area (Å²) in [6.45, 7) is 3.93. The molecule has 0 aliphatic carbocycles. The second-order valence-corrected chi connectivity index (χ2v) is 6.53. The molecule has 2 aromatic carbocycles. The Hall–Kier alpha value is -2.53. The Morgan fingerprint density at radius 3 is 2.62 bits per heavy atom. The van der Waals surface area contributed by atoms with E-state index in [1.807, 2.05) is 38.1 Å². The van der Waals surface area contributed by atoms with Crippen LogP contribution in [0.15, 0.2) is 57.4 Å². The standard InChI is InChI=1S/C19H17BrN2O2/c1-11-3-6-14(15(20)9-11)17-7-8-18(24-17)19(23)22-16-10-13(21)5-4-12(16)2/h3-10H,21H2,1-2H3,(H,22,23). The minimum Gasteiger partial charge on any atom is -0.451 e. The lowest BCUT2D eigenvalue weighted by Gasteiger charge is -2.08. The number of hydrogen-bond donors (Lipinski definition) is 2. The third-order valence-electron chi connectivity index (χ3n) is 3.73. The molecule has 1 amide bonds. The van der Waals surface area contributed by atoms with E-state index >= 15 is 0 Å². The number of rotatable bonds is 3. The molecule has 0 atom stereocenters. The first-order valence-corrected chi connectivity index (χ1v) is 8.27. The first-order chi connectivity index (χ1) is 11.4. The van der Waals surface area contributed by atoms with Crippen LogP contribution in [0.5, 0.6) is 0 Å². The van der Waals surface area contributed by atoms with Gasteiger partial charge in [0.15, 0.2) is 5.76 Å². The zero-order valence-electron chi connectivity index (χ0n) is 13.4. The van der Waals surface area contributed by atoms with Crippen LogP contribution >= 0.6 is 15.9 Å². The van der Waals surface area contributed by atoms with E-state index < -0.39 is 0 Å². The van der Waals surface area contributed by atoms with Gasteiger partial charge in [-0.3, -0.25) is 4.79 Å². The molecular formula is C19H17BrN2O2. The van der Waals surface area contributed by atoms with Crippen LogP contribution in [-0.4, -0.2) is 5.91 Å². The Morgan fingerprint density at radius 1 is 1.08 bits per heavy atom. The van der Waals surface area contributed by atoms with Gasteiger partial charge in [-0.25, -0.2) is 0 Å². The number of carbonyl (C=O) groups is 1. The van der Waals surface area contributed by atoms with Crippen molar-refractivity contribution in [1.82, 2.24) is 0 Å². The predicted molar refractivity (Wildman–Crippen MR) is 100 cm³/mol. The number of nitrogens with one attached hydrogen (secondary N) is 1. The largest absolute Gasteiger partial charge is 0.451 e. The van der Waals surface area contributed by atoms with Gasteiger partial charge < -0.3 is 15.5 Å². The Balaban J connectivity index is 1.85. The first-order valence-electron chi connectivity index (χ1n) is 7.48. The zero-order chi connectivity index (χ0) is 17.3. The molecule has 1 aromatic heterocycles. The van der Waals surface area contributed by atoms with Crippen LogP contribution in [0.2, 0.25) is 0 Å². The molecule has 122 valence electrons.